The molecule has 0 aliphatic carbocycles. The number of hydrogen-bond acceptors (Lipinski definition) is 5. The molecular weight excluding hydrogens is 478 g/mol. The molecule has 10 heteroatoms. The van der Waals surface area contributed by atoms with Crippen molar-refractivity contribution in [1.82, 2.24) is 19.1 Å². The van der Waals surface area contributed by atoms with Crippen LogP contribution in [0.15, 0.2) is 73.0 Å². The third kappa shape index (κ3) is 5.07. The zero-order valence-electron chi connectivity index (χ0n) is 18.7. The molecule has 1 fully saturated rings. The third-order valence-electron chi connectivity index (χ3n) is 6.28. The van der Waals surface area contributed by atoms with E-state index < -0.39 is 18.1 Å². The van der Waals surface area contributed by atoms with Crippen LogP contribution >= 0.6 is 11.9 Å². The monoisotopic (exact) mass is 501 g/mol. The van der Waals surface area contributed by atoms with Gasteiger partial charge in [0.2, 0.25) is 0 Å². The standard InChI is InChI=1S/C25H23F4N5S/c26-20-13-23(32-10-8-19(9-11-32)33-15-30-31-16-33)21(27)12-18(20)14-34-22(25(28)29)6-7-24(35-34)17-4-2-1-3-5-17/h1-7,12-13,15-16,19,25H,8-11,14H2. The van der Waals surface area contributed by atoms with E-state index in [1.807, 2.05) is 39.8 Å². The molecule has 35 heavy (non-hydrogen) atoms. The molecule has 182 valence electrons. The van der Waals surface area contributed by atoms with Gasteiger partial charge in [0.15, 0.2) is 0 Å². The number of anilines is 1. The van der Waals surface area contributed by atoms with E-state index in [1.54, 1.807) is 18.7 Å². The minimum Gasteiger partial charge on any atom is -0.369 e. The van der Waals surface area contributed by atoms with Crippen molar-refractivity contribution >= 4 is 22.5 Å². The molecule has 3 heterocycles. The highest BCUT2D eigenvalue weighted by Gasteiger charge is 2.27. The Kier molecular flexibility index (Phi) is 6.81. The van der Waals surface area contributed by atoms with Crippen molar-refractivity contribution in [2.24, 2.45) is 0 Å². The van der Waals surface area contributed by atoms with Crippen molar-refractivity contribution in [2.75, 3.05) is 18.0 Å². The van der Waals surface area contributed by atoms with Gasteiger partial charge in [0.05, 0.1) is 17.9 Å². The number of hydrogen-bond donors (Lipinski definition) is 0. The van der Waals surface area contributed by atoms with Crippen molar-refractivity contribution in [3.05, 3.63) is 95.7 Å². The molecule has 1 aromatic heterocycles. The SMILES string of the molecule is Fc1cc(N2CCC(n3cnnc3)CC2)c(F)cc1CN1SC(c2ccccc2)=CC=C1C(F)F. The van der Waals surface area contributed by atoms with Crippen LogP contribution in [0.2, 0.25) is 0 Å². The van der Waals surface area contributed by atoms with Gasteiger partial charge in [0, 0.05) is 35.7 Å². The third-order valence-corrected chi connectivity index (χ3v) is 7.41. The van der Waals surface area contributed by atoms with Gasteiger partial charge >= 0.3 is 0 Å². The zero-order chi connectivity index (χ0) is 24.4. The normalized spacial score (nSPS) is 17.1. The van der Waals surface area contributed by atoms with E-state index in [0.717, 1.165) is 41.3 Å². The Morgan fingerprint density at radius 2 is 1.66 bits per heavy atom. The first-order chi connectivity index (χ1) is 17.0. The van der Waals surface area contributed by atoms with Gasteiger partial charge in [-0.1, -0.05) is 30.3 Å². The zero-order valence-corrected chi connectivity index (χ0v) is 19.5. The van der Waals surface area contributed by atoms with Crippen LogP contribution in [0.1, 0.15) is 30.0 Å². The highest BCUT2D eigenvalue weighted by molar-refractivity contribution is 8.06. The summed E-state index contributed by atoms with van der Waals surface area (Å²) in [6.07, 6.45) is 5.05. The molecular formula is C25H23F4N5S. The number of rotatable bonds is 6. The Hall–Kier alpha value is -3.27. The topological polar surface area (TPSA) is 37.2 Å². The lowest BCUT2D eigenvalue weighted by Crippen LogP contribution is -2.35. The first kappa shape index (κ1) is 23.5. The predicted molar refractivity (Wildman–Crippen MR) is 129 cm³/mol. The molecule has 0 N–H and O–H groups in total. The molecule has 0 spiro atoms. The second kappa shape index (κ2) is 10.2. The summed E-state index contributed by atoms with van der Waals surface area (Å²) in [6.45, 7) is 0.928. The van der Waals surface area contributed by atoms with Crippen LogP contribution in [-0.4, -0.2) is 38.6 Å². The molecule has 0 radical (unpaired) electrons. The molecule has 2 aliphatic rings. The fraction of sp³-hybridized carbons (Fsp3) is 0.280. The lowest BCUT2D eigenvalue weighted by atomic mass is 10.0. The van der Waals surface area contributed by atoms with Gasteiger partial charge < -0.3 is 13.8 Å². The average Bonchev–Trinajstić information content (AvgIpc) is 3.42. The second-order valence-corrected chi connectivity index (χ2v) is 9.50. The summed E-state index contributed by atoms with van der Waals surface area (Å²) < 4.78 is 60.9. The van der Waals surface area contributed by atoms with Crippen molar-refractivity contribution in [2.45, 2.75) is 31.9 Å². The van der Waals surface area contributed by atoms with E-state index in [4.69, 9.17) is 0 Å². The summed E-state index contributed by atoms with van der Waals surface area (Å²) in [5, 5.41) is 7.65. The molecule has 0 atom stereocenters. The van der Waals surface area contributed by atoms with Crippen molar-refractivity contribution in [3.8, 4) is 0 Å². The highest BCUT2D eigenvalue weighted by Crippen LogP contribution is 2.40. The van der Waals surface area contributed by atoms with E-state index in [2.05, 4.69) is 10.2 Å². The maximum absolute atomic E-state index is 15.1. The molecule has 0 unspecified atom stereocenters. The van der Waals surface area contributed by atoms with Crippen LogP contribution in [0.3, 0.4) is 0 Å². The lowest BCUT2D eigenvalue weighted by molar-refractivity contribution is 0.164. The Morgan fingerprint density at radius 1 is 0.943 bits per heavy atom. The number of piperidine rings is 1. The Morgan fingerprint density at radius 3 is 2.34 bits per heavy atom. The predicted octanol–water partition coefficient (Wildman–Crippen LogP) is 6.05. The first-order valence-corrected chi connectivity index (χ1v) is 12.0. The van der Waals surface area contributed by atoms with Crippen molar-refractivity contribution in [3.63, 3.8) is 0 Å². The molecule has 0 bridgehead atoms. The van der Waals surface area contributed by atoms with Crippen LogP contribution in [0.5, 0.6) is 0 Å². The van der Waals surface area contributed by atoms with Crippen LogP contribution in [0.25, 0.3) is 4.91 Å². The Balaban J connectivity index is 1.32. The van der Waals surface area contributed by atoms with E-state index >= 15 is 8.78 Å². The van der Waals surface area contributed by atoms with Gasteiger partial charge in [-0.05, 0) is 48.6 Å². The number of benzene rings is 2. The number of alkyl halides is 2. The van der Waals surface area contributed by atoms with Crippen molar-refractivity contribution in [1.29, 1.82) is 0 Å². The van der Waals surface area contributed by atoms with Gasteiger partial charge in [-0.2, -0.15) is 0 Å². The molecule has 0 amide bonds. The molecule has 5 nitrogen and oxygen atoms in total. The van der Waals surface area contributed by atoms with E-state index in [-0.39, 0.29) is 29.5 Å². The second-order valence-electron chi connectivity index (χ2n) is 8.44. The quantitative estimate of drug-likeness (QED) is 0.304. The van der Waals surface area contributed by atoms with Crippen LogP contribution < -0.4 is 4.90 Å². The summed E-state index contributed by atoms with van der Waals surface area (Å²) in [6, 6.07) is 11.9. The van der Waals surface area contributed by atoms with Crippen molar-refractivity contribution < 1.29 is 17.6 Å². The van der Waals surface area contributed by atoms with E-state index in [0.29, 0.717) is 13.1 Å². The van der Waals surface area contributed by atoms with Crippen LogP contribution in [0.4, 0.5) is 23.2 Å². The molecule has 2 aliphatic heterocycles. The molecule has 0 saturated carbocycles. The fourth-order valence-electron chi connectivity index (χ4n) is 4.40. The molecule has 5 rings (SSSR count). The number of allylic oxidation sites excluding steroid dienone is 3. The summed E-state index contributed by atoms with van der Waals surface area (Å²) in [5.41, 5.74) is 0.840. The minimum atomic E-state index is -2.74. The summed E-state index contributed by atoms with van der Waals surface area (Å²) in [5.74, 6) is -1.18. The van der Waals surface area contributed by atoms with E-state index in [1.165, 1.54) is 16.4 Å². The smallest absolute Gasteiger partial charge is 0.278 e. The first-order valence-electron chi connectivity index (χ1n) is 11.3. The van der Waals surface area contributed by atoms with Gasteiger partial charge in [-0.15, -0.1) is 10.2 Å². The van der Waals surface area contributed by atoms with Gasteiger partial charge in [0.1, 0.15) is 24.3 Å². The van der Waals surface area contributed by atoms with Gasteiger partial charge in [0.25, 0.3) is 6.43 Å². The summed E-state index contributed by atoms with van der Waals surface area (Å²) in [7, 11) is 0. The molecule has 1 saturated heterocycles. The van der Waals surface area contributed by atoms with E-state index in [9.17, 15) is 8.78 Å². The fourth-order valence-corrected chi connectivity index (χ4v) is 5.46. The minimum absolute atomic E-state index is 0.0268. The summed E-state index contributed by atoms with van der Waals surface area (Å²) in [4.78, 5) is 2.57. The highest BCUT2D eigenvalue weighted by atomic mass is 32.2. The molecule has 3 aromatic rings. The van der Waals surface area contributed by atoms with Gasteiger partial charge in [-0.3, -0.25) is 0 Å². The average molecular weight is 502 g/mol. The largest absolute Gasteiger partial charge is 0.369 e. The number of nitrogens with zero attached hydrogens (tertiary/aromatic N) is 5. The number of aromatic nitrogens is 3. The van der Waals surface area contributed by atoms with Crippen LogP contribution in [-0.2, 0) is 6.54 Å². The van der Waals surface area contributed by atoms with Gasteiger partial charge in [-0.25, -0.2) is 17.6 Å². The summed E-state index contributed by atoms with van der Waals surface area (Å²) >= 11 is 1.10. The number of halogens is 4. The maximum atomic E-state index is 15.1. The Labute approximate surface area is 204 Å². The Bertz CT molecular complexity index is 1220. The molecule has 2 aromatic carbocycles. The van der Waals surface area contributed by atoms with Crippen LogP contribution in [0, 0.1) is 11.6 Å². The lowest BCUT2D eigenvalue weighted by Gasteiger charge is -2.34. The maximum Gasteiger partial charge on any atom is 0.278 e.